The van der Waals surface area contributed by atoms with Gasteiger partial charge in [0.25, 0.3) is 0 Å². The van der Waals surface area contributed by atoms with Gasteiger partial charge in [-0.25, -0.2) is 0 Å². The molecule has 0 unspecified atom stereocenters. The van der Waals surface area contributed by atoms with E-state index < -0.39 is 0 Å². The smallest absolute Gasteiger partial charge is 0.228 e. The van der Waals surface area contributed by atoms with Gasteiger partial charge in [-0.1, -0.05) is 13.0 Å². The van der Waals surface area contributed by atoms with Gasteiger partial charge >= 0.3 is 0 Å². The third-order valence-electron chi connectivity index (χ3n) is 4.18. The van der Waals surface area contributed by atoms with Gasteiger partial charge in [-0.15, -0.1) is 0 Å². The maximum atomic E-state index is 12.7. The third-order valence-corrected chi connectivity index (χ3v) is 4.18. The fourth-order valence-corrected chi connectivity index (χ4v) is 2.87. The molecule has 2 heterocycles. The van der Waals surface area contributed by atoms with Gasteiger partial charge in [0.15, 0.2) is 0 Å². The van der Waals surface area contributed by atoms with E-state index in [0.717, 1.165) is 37.9 Å². The highest BCUT2D eigenvalue weighted by Crippen LogP contribution is 2.34. The van der Waals surface area contributed by atoms with Crippen LogP contribution < -0.4 is 5.32 Å². The minimum absolute atomic E-state index is 0.164. The predicted molar refractivity (Wildman–Crippen MR) is 75.5 cm³/mol. The van der Waals surface area contributed by atoms with Crippen LogP contribution in [0.4, 0.5) is 0 Å². The standard InChI is InChI=1S/C15H23N3O/c1-3-15(6-9-16-10-7-15)14(19)18(2)12-13-5-4-8-17-11-13/h4-5,8,11,16H,3,6-7,9-10,12H2,1-2H3. The van der Waals surface area contributed by atoms with Crippen molar-refractivity contribution >= 4 is 5.91 Å². The Labute approximate surface area is 115 Å². The number of carbonyl (C=O) groups excluding carboxylic acids is 1. The minimum Gasteiger partial charge on any atom is -0.341 e. The molecule has 19 heavy (non-hydrogen) atoms. The highest BCUT2D eigenvalue weighted by molar-refractivity contribution is 5.82. The molecule has 1 aliphatic rings. The second-order valence-corrected chi connectivity index (χ2v) is 5.41. The van der Waals surface area contributed by atoms with E-state index >= 15 is 0 Å². The first kappa shape index (κ1) is 14.0. The number of piperidine rings is 1. The van der Waals surface area contributed by atoms with Crippen molar-refractivity contribution in [1.82, 2.24) is 15.2 Å². The van der Waals surface area contributed by atoms with E-state index in [9.17, 15) is 4.79 Å². The summed E-state index contributed by atoms with van der Waals surface area (Å²) in [7, 11) is 1.90. The maximum Gasteiger partial charge on any atom is 0.228 e. The van der Waals surface area contributed by atoms with Crippen molar-refractivity contribution in [3.63, 3.8) is 0 Å². The first-order valence-electron chi connectivity index (χ1n) is 7.03. The van der Waals surface area contributed by atoms with Gasteiger partial charge in [0, 0.05) is 26.0 Å². The molecule has 0 radical (unpaired) electrons. The summed E-state index contributed by atoms with van der Waals surface area (Å²) in [5, 5.41) is 3.34. The molecule has 0 spiro atoms. The minimum atomic E-state index is -0.164. The first-order chi connectivity index (χ1) is 9.18. The van der Waals surface area contributed by atoms with Crippen LogP contribution in [-0.2, 0) is 11.3 Å². The van der Waals surface area contributed by atoms with Gasteiger partial charge in [0.05, 0.1) is 5.41 Å². The summed E-state index contributed by atoms with van der Waals surface area (Å²) < 4.78 is 0. The molecular weight excluding hydrogens is 238 g/mol. The SMILES string of the molecule is CCC1(C(=O)N(C)Cc2cccnc2)CCNCC1. The molecule has 0 aliphatic carbocycles. The average Bonchev–Trinajstić information content (AvgIpc) is 2.48. The molecule has 0 aromatic carbocycles. The molecule has 104 valence electrons. The first-order valence-corrected chi connectivity index (χ1v) is 7.03. The van der Waals surface area contributed by atoms with Crippen molar-refractivity contribution in [3.05, 3.63) is 30.1 Å². The van der Waals surface area contributed by atoms with Gasteiger partial charge in [-0.05, 0) is 44.0 Å². The Bertz CT molecular complexity index is 413. The van der Waals surface area contributed by atoms with Crippen molar-refractivity contribution in [2.75, 3.05) is 20.1 Å². The van der Waals surface area contributed by atoms with E-state index in [1.54, 1.807) is 6.20 Å². The number of aromatic nitrogens is 1. The van der Waals surface area contributed by atoms with Crippen LogP contribution in [0.5, 0.6) is 0 Å². The van der Waals surface area contributed by atoms with E-state index in [1.165, 1.54) is 0 Å². The molecule has 0 bridgehead atoms. The summed E-state index contributed by atoms with van der Waals surface area (Å²) in [6, 6.07) is 3.92. The molecule has 1 fully saturated rings. The van der Waals surface area contributed by atoms with Crippen LogP contribution in [0.3, 0.4) is 0 Å². The maximum absolute atomic E-state index is 12.7. The van der Waals surface area contributed by atoms with Crippen molar-refractivity contribution in [3.8, 4) is 0 Å². The molecule has 1 N–H and O–H groups in total. The zero-order valence-electron chi connectivity index (χ0n) is 11.9. The van der Waals surface area contributed by atoms with Crippen LogP contribution in [0.1, 0.15) is 31.7 Å². The predicted octanol–water partition coefficient (Wildman–Crippen LogP) is 1.82. The third kappa shape index (κ3) is 3.13. The summed E-state index contributed by atoms with van der Waals surface area (Å²) in [4.78, 5) is 18.7. The number of pyridine rings is 1. The van der Waals surface area contributed by atoms with E-state index in [-0.39, 0.29) is 11.3 Å². The topological polar surface area (TPSA) is 45.2 Å². The molecule has 4 heteroatoms. The molecule has 1 aliphatic heterocycles. The molecule has 4 nitrogen and oxygen atoms in total. The van der Waals surface area contributed by atoms with Crippen molar-refractivity contribution in [1.29, 1.82) is 0 Å². The Balaban J connectivity index is 2.05. The molecule has 1 aromatic rings. The molecule has 1 aromatic heterocycles. The monoisotopic (exact) mass is 261 g/mol. The largest absolute Gasteiger partial charge is 0.341 e. The summed E-state index contributed by atoms with van der Waals surface area (Å²) in [5.74, 6) is 0.278. The summed E-state index contributed by atoms with van der Waals surface area (Å²) in [6.45, 7) is 4.66. The van der Waals surface area contributed by atoms with E-state index in [0.29, 0.717) is 6.54 Å². The zero-order valence-corrected chi connectivity index (χ0v) is 11.9. The van der Waals surface area contributed by atoms with Gasteiger partial charge in [0.2, 0.25) is 5.91 Å². The number of hydrogen-bond donors (Lipinski definition) is 1. The van der Waals surface area contributed by atoms with Gasteiger partial charge in [0.1, 0.15) is 0 Å². The van der Waals surface area contributed by atoms with Crippen LogP contribution in [0, 0.1) is 5.41 Å². The lowest BCUT2D eigenvalue weighted by Crippen LogP contribution is -2.47. The lowest BCUT2D eigenvalue weighted by atomic mass is 9.75. The van der Waals surface area contributed by atoms with Gasteiger partial charge in [-0.2, -0.15) is 0 Å². The molecule has 1 amide bonds. The quantitative estimate of drug-likeness (QED) is 0.899. The van der Waals surface area contributed by atoms with Crippen LogP contribution >= 0.6 is 0 Å². The van der Waals surface area contributed by atoms with Crippen LogP contribution in [0.25, 0.3) is 0 Å². The Kier molecular flexibility index (Phi) is 4.53. The molecular formula is C15H23N3O. The Morgan fingerprint density at radius 1 is 1.47 bits per heavy atom. The van der Waals surface area contributed by atoms with Crippen LogP contribution in [0.15, 0.2) is 24.5 Å². The molecule has 0 saturated carbocycles. The summed E-state index contributed by atoms with van der Waals surface area (Å²) in [5.41, 5.74) is 0.918. The van der Waals surface area contributed by atoms with Gasteiger partial charge < -0.3 is 10.2 Å². The summed E-state index contributed by atoms with van der Waals surface area (Å²) in [6.07, 6.45) is 6.39. The van der Waals surface area contributed by atoms with E-state index in [1.807, 2.05) is 30.3 Å². The Morgan fingerprint density at radius 3 is 2.79 bits per heavy atom. The molecule has 0 atom stereocenters. The fourth-order valence-electron chi connectivity index (χ4n) is 2.87. The van der Waals surface area contributed by atoms with E-state index in [4.69, 9.17) is 0 Å². The normalized spacial score (nSPS) is 18.0. The van der Waals surface area contributed by atoms with Crippen molar-refractivity contribution in [2.24, 2.45) is 5.41 Å². The van der Waals surface area contributed by atoms with Crippen LogP contribution in [0.2, 0.25) is 0 Å². The highest BCUT2D eigenvalue weighted by atomic mass is 16.2. The average molecular weight is 261 g/mol. The Morgan fingerprint density at radius 2 is 2.21 bits per heavy atom. The summed E-state index contributed by atoms with van der Waals surface area (Å²) >= 11 is 0. The number of amides is 1. The van der Waals surface area contributed by atoms with Crippen molar-refractivity contribution in [2.45, 2.75) is 32.7 Å². The van der Waals surface area contributed by atoms with E-state index in [2.05, 4.69) is 17.2 Å². The number of rotatable bonds is 4. The second kappa shape index (κ2) is 6.15. The fraction of sp³-hybridized carbons (Fsp3) is 0.600. The molecule has 1 saturated heterocycles. The number of nitrogens with zero attached hydrogens (tertiary/aromatic N) is 2. The highest BCUT2D eigenvalue weighted by Gasteiger charge is 2.39. The molecule has 2 rings (SSSR count). The number of hydrogen-bond acceptors (Lipinski definition) is 3. The van der Waals surface area contributed by atoms with Crippen LogP contribution in [-0.4, -0.2) is 35.9 Å². The lowest BCUT2D eigenvalue weighted by Gasteiger charge is -2.38. The Hall–Kier alpha value is -1.42. The van der Waals surface area contributed by atoms with Gasteiger partial charge in [-0.3, -0.25) is 9.78 Å². The lowest BCUT2D eigenvalue weighted by molar-refractivity contribution is -0.143. The zero-order chi connectivity index (χ0) is 13.7. The number of nitrogens with one attached hydrogen (secondary N) is 1. The second-order valence-electron chi connectivity index (χ2n) is 5.41. The number of carbonyl (C=O) groups is 1. The van der Waals surface area contributed by atoms with Crippen molar-refractivity contribution < 1.29 is 4.79 Å².